The molecule has 0 saturated carbocycles. The Kier molecular flexibility index (Phi) is 3.66. The minimum atomic E-state index is -0.328. The summed E-state index contributed by atoms with van der Waals surface area (Å²) in [6, 6.07) is 15.2. The number of hydrogen-bond acceptors (Lipinski definition) is 5. The van der Waals surface area contributed by atoms with Crippen LogP contribution in [0.1, 0.15) is 22.6 Å². The molecule has 0 saturated heterocycles. The van der Waals surface area contributed by atoms with Gasteiger partial charge in [0, 0.05) is 11.1 Å². The van der Waals surface area contributed by atoms with Crippen LogP contribution in [-0.2, 0) is 0 Å². The molecule has 7 heteroatoms. The Morgan fingerprint density at radius 3 is 2.15 bits per heavy atom. The van der Waals surface area contributed by atoms with E-state index >= 15 is 0 Å². The lowest BCUT2D eigenvalue weighted by Gasteiger charge is -2.05. The molecular formula is C20H7FN6. The Bertz CT molecular complexity index is 1250. The molecule has 0 radical (unpaired) electrons. The first-order valence-electron chi connectivity index (χ1n) is 7.74. The highest BCUT2D eigenvalue weighted by Crippen LogP contribution is 2.38. The van der Waals surface area contributed by atoms with Crippen LogP contribution in [-0.4, -0.2) is 15.7 Å². The average molecular weight is 350 g/mol. The van der Waals surface area contributed by atoms with Crippen molar-refractivity contribution in [1.82, 2.24) is 9.97 Å². The van der Waals surface area contributed by atoms with Gasteiger partial charge in [0.1, 0.15) is 29.3 Å². The van der Waals surface area contributed by atoms with Gasteiger partial charge < -0.3 is 0 Å². The zero-order valence-electron chi connectivity index (χ0n) is 13.6. The van der Waals surface area contributed by atoms with E-state index in [0.29, 0.717) is 28.2 Å². The lowest BCUT2D eigenvalue weighted by molar-refractivity contribution is 0.628. The lowest BCUT2D eigenvalue weighted by atomic mass is 10.00. The Hall–Kier alpha value is -4.41. The standard InChI is InChI=1S/C20H7FN6/c1-24-27-19-14-7-4-12(11-2-5-13(21)6-3-11)8-15(14)18-20(19)26-17(10-23)16(9-22)25-18/h2-8H/b27-19+. The number of nitrogens with zero attached hydrogens (tertiary/aromatic N) is 6. The maximum atomic E-state index is 13.2. The molecule has 0 amide bonds. The van der Waals surface area contributed by atoms with E-state index in [1.807, 2.05) is 24.3 Å². The third-order valence-corrected chi connectivity index (χ3v) is 4.19. The maximum absolute atomic E-state index is 13.2. The number of halogens is 1. The van der Waals surface area contributed by atoms with Gasteiger partial charge in [0.25, 0.3) is 0 Å². The second-order valence-corrected chi connectivity index (χ2v) is 5.66. The van der Waals surface area contributed by atoms with E-state index in [1.54, 1.807) is 18.2 Å². The summed E-state index contributed by atoms with van der Waals surface area (Å²) in [7, 11) is 0. The molecule has 0 aliphatic heterocycles. The van der Waals surface area contributed by atoms with Crippen molar-refractivity contribution in [2.45, 2.75) is 0 Å². The summed E-state index contributed by atoms with van der Waals surface area (Å²) >= 11 is 0. The van der Waals surface area contributed by atoms with E-state index in [0.717, 1.165) is 11.1 Å². The van der Waals surface area contributed by atoms with Crippen LogP contribution in [0.4, 0.5) is 4.39 Å². The second kappa shape index (κ2) is 6.15. The molecule has 0 unspecified atom stereocenters. The van der Waals surface area contributed by atoms with Crippen LogP contribution in [0, 0.1) is 35.1 Å². The molecule has 0 bridgehead atoms. The van der Waals surface area contributed by atoms with Crippen LogP contribution < -0.4 is 0 Å². The molecule has 1 aliphatic carbocycles. The molecular weight excluding hydrogens is 343 g/mol. The average Bonchev–Trinajstić information content (AvgIpc) is 3.00. The first-order chi connectivity index (χ1) is 13.2. The van der Waals surface area contributed by atoms with Gasteiger partial charge in [-0.2, -0.15) is 17.1 Å². The number of nitriles is 2. The molecule has 0 spiro atoms. The fourth-order valence-electron chi connectivity index (χ4n) is 2.99. The van der Waals surface area contributed by atoms with Gasteiger partial charge in [-0.25, -0.2) is 14.4 Å². The number of benzene rings is 2. The van der Waals surface area contributed by atoms with Crippen LogP contribution in [0.3, 0.4) is 0 Å². The predicted octanol–water partition coefficient (Wildman–Crippen LogP) is 3.68. The Balaban J connectivity index is 1.98. The Morgan fingerprint density at radius 1 is 0.889 bits per heavy atom. The van der Waals surface area contributed by atoms with E-state index in [9.17, 15) is 14.9 Å². The van der Waals surface area contributed by atoms with E-state index in [2.05, 4.69) is 20.0 Å². The zero-order chi connectivity index (χ0) is 19.0. The second-order valence-electron chi connectivity index (χ2n) is 5.66. The van der Waals surface area contributed by atoms with E-state index < -0.39 is 0 Å². The Labute approximate surface area is 153 Å². The van der Waals surface area contributed by atoms with Gasteiger partial charge in [0.2, 0.25) is 0 Å². The monoisotopic (exact) mass is 350 g/mol. The largest absolute Gasteiger partial charge is 0.232 e. The molecule has 6 nitrogen and oxygen atoms in total. The van der Waals surface area contributed by atoms with Crippen molar-refractivity contribution < 1.29 is 4.39 Å². The third kappa shape index (κ3) is 2.50. The van der Waals surface area contributed by atoms with Crippen molar-refractivity contribution in [1.29, 1.82) is 10.5 Å². The van der Waals surface area contributed by atoms with Crippen molar-refractivity contribution in [2.24, 2.45) is 5.10 Å². The quantitative estimate of drug-likeness (QED) is 0.387. The highest BCUT2D eigenvalue weighted by molar-refractivity contribution is 6.23. The van der Waals surface area contributed by atoms with Crippen LogP contribution in [0.5, 0.6) is 0 Å². The fourth-order valence-corrected chi connectivity index (χ4v) is 2.99. The van der Waals surface area contributed by atoms with Gasteiger partial charge in [0.05, 0.1) is 5.10 Å². The molecule has 1 aliphatic rings. The van der Waals surface area contributed by atoms with Crippen LogP contribution in [0.15, 0.2) is 47.6 Å². The fraction of sp³-hybridized carbons (Fsp3) is 0. The summed E-state index contributed by atoms with van der Waals surface area (Å²) in [5.41, 5.74) is 3.73. The summed E-state index contributed by atoms with van der Waals surface area (Å²) in [6.45, 7) is 7.06. The maximum Gasteiger partial charge on any atom is 0.181 e. The summed E-state index contributed by atoms with van der Waals surface area (Å²) in [4.78, 5) is 11.6. The lowest BCUT2D eigenvalue weighted by Crippen LogP contribution is -2.04. The zero-order valence-corrected chi connectivity index (χ0v) is 13.6. The summed E-state index contributed by atoms with van der Waals surface area (Å²) < 4.78 is 13.2. The van der Waals surface area contributed by atoms with Crippen molar-refractivity contribution in [3.63, 3.8) is 0 Å². The van der Waals surface area contributed by atoms with Crippen molar-refractivity contribution in [3.8, 4) is 34.5 Å². The van der Waals surface area contributed by atoms with Crippen LogP contribution in [0.25, 0.3) is 27.3 Å². The van der Waals surface area contributed by atoms with E-state index in [-0.39, 0.29) is 17.2 Å². The molecule has 0 N–H and O–H groups in total. The van der Waals surface area contributed by atoms with Gasteiger partial charge in [0.15, 0.2) is 17.1 Å². The van der Waals surface area contributed by atoms with Crippen LogP contribution >= 0.6 is 0 Å². The summed E-state index contributed by atoms with van der Waals surface area (Å²) in [6.07, 6.45) is 0. The molecule has 0 fully saturated rings. The molecule has 1 aromatic heterocycles. The smallest absolute Gasteiger partial charge is 0.181 e. The molecule has 124 valence electrons. The number of fused-ring (bicyclic) bond motifs is 3. The van der Waals surface area contributed by atoms with E-state index in [1.165, 1.54) is 12.1 Å². The highest BCUT2D eigenvalue weighted by Gasteiger charge is 2.32. The third-order valence-electron chi connectivity index (χ3n) is 4.19. The molecule has 3 aromatic rings. The molecule has 1 heterocycles. The molecule has 27 heavy (non-hydrogen) atoms. The molecule has 2 aromatic carbocycles. The minimum absolute atomic E-state index is 0.0848. The van der Waals surface area contributed by atoms with Gasteiger partial charge in [-0.3, -0.25) is 0 Å². The van der Waals surface area contributed by atoms with Gasteiger partial charge in [-0.05, 0) is 29.3 Å². The summed E-state index contributed by atoms with van der Waals surface area (Å²) in [5, 5.41) is 22.2. The van der Waals surface area contributed by atoms with Crippen molar-refractivity contribution >= 4 is 5.71 Å². The topological polar surface area (TPSA) is 90.1 Å². The first kappa shape index (κ1) is 16.1. The predicted molar refractivity (Wildman–Crippen MR) is 94.5 cm³/mol. The van der Waals surface area contributed by atoms with Crippen molar-refractivity contribution in [3.05, 3.63) is 82.5 Å². The minimum Gasteiger partial charge on any atom is -0.232 e. The van der Waals surface area contributed by atoms with Gasteiger partial charge >= 0.3 is 0 Å². The van der Waals surface area contributed by atoms with Gasteiger partial charge in [-0.15, -0.1) is 4.95 Å². The molecule has 0 atom stereocenters. The first-order valence-corrected chi connectivity index (χ1v) is 7.74. The Morgan fingerprint density at radius 2 is 1.52 bits per heavy atom. The summed E-state index contributed by atoms with van der Waals surface area (Å²) in [5.74, 6) is -0.328. The van der Waals surface area contributed by atoms with Gasteiger partial charge in [-0.1, -0.05) is 24.3 Å². The number of rotatable bonds is 1. The highest BCUT2D eigenvalue weighted by atomic mass is 19.1. The van der Waals surface area contributed by atoms with Crippen LogP contribution in [0.2, 0.25) is 0 Å². The molecule has 4 rings (SSSR count). The van der Waals surface area contributed by atoms with Crippen molar-refractivity contribution in [2.75, 3.05) is 0 Å². The SMILES string of the molecule is [C-]#[N+]/N=C1\c2ccc(-c3ccc(F)cc3)cc2-c2nc(C#N)c(C#N)nc21. The normalized spacial score (nSPS) is 12.6. The number of aromatic nitrogens is 2. The van der Waals surface area contributed by atoms with E-state index in [4.69, 9.17) is 6.57 Å². The number of hydrogen-bond donors (Lipinski definition) is 0.